The lowest BCUT2D eigenvalue weighted by Crippen LogP contribution is -2.48. The highest BCUT2D eigenvalue weighted by Crippen LogP contribution is 2.32. The van der Waals surface area contributed by atoms with Crippen LogP contribution < -0.4 is 10.2 Å². The van der Waals surface area contributed by atoms with Gasteiger partial charge in [0.15, 0.2) is 0 Å². The number of sulfonamides is 1. The molecule has 1 aliphatic rings. The zero-order chi connectivity index (χ0) is 31.4. The summed E-state index contributed by atoms with van der Waals surface area (Å²) in [5.41, 5.74) is 2.90. The predicted octanol–water partition coefficient (Wildman–Crippen LogP) is 3.73. The van der Waals surface area contributed by atoms with E-state index in [1.54, 1.807) is 43.9 Å². The fraction of sp³-hybridized carbons (Fsp3) is 0.452. The number of carbonyl (C=O) groups excluding carboxylic acids is 2. The maximum Gasteiger partial charge on any atom is 0.249 e. The van der Waals surface area contributed by atoms with Gasteiger partial charge in [0.25, 0.3) is 0 Å². The van der Waals surface area contributed by atoms with Crippen molar-refractivity contribution < 1.29 is 18.0 Å². The predicted molar refractivity (Wildman–Crippen MR) is 167 cm³/mol. The summed E-state index contributed by atoms with van der Waals surface area (Å²) in [5, 5.41) is 16.1. The van der Waals surface area contributed by atoms with Gasteiger partial charge in [-0.05, 0) is 56.2 Å². The molecule has 1 unspecified atom stereocenters. The summed E-state index contributed by atoms with van der Waals surface area (Å²) >= 11 is 0. The van der Waals surface area contributed by atoms with Gasteiger partial charge in [-0.1, -0.05) is 50.5 Å². The Morgan fingerprint density at radius 3 is 2.34 bits per heavy atom. The van der Waals surface area contributed by atoms with Gasteiger partial charge >= 0.3 is 0 Å². The minimum absolute atomic E-state index is 0.00790. The van der Waals surface area contributed by atoms with Crippen molar-refractivity contribution in [1.29, 1.82) is 0 Å². The molecule has 1 aliphatic carbocycles. The molecule has 1 atom stereocenters. The van der Waals surface area contributed by atoms with E-state index < -0.39 is 22.0 Å². The molecule has 2 aromatic carbocycles. The molecule has 234 valence electrons. The molecule has 44 heavy (non-hydrogen) atoms. The number of rotatable bonds is 11. The Balaban J connectivity index is 1.60. The first-order chi connectivity index (χ1) is 21.1. The highest BCUT2D eigenvalue weighted by atomic mass is 32.2. The number of hydrogen-bond donors (Lipinski definition) is 1. The molecular formula is C31H40N8O4S. The molecule has 1 saturated carbocycles. The Bertz CT molecular complexity index is 1720. The Morgan fingerprint density at radius 1 is 1.02 bits per heavy atom. The second-order valence-corrected chi connectivity index (χ2v) is 13.1. The van der Waals surface area contributed by atoms with Crippen LogP contribution in [-0.4, -0.2) is 68.4 Å². The number of aromatic nitrogens is 5. The molecule has 0 radical (unpaired) electrons. The number of nitrogens with zero attached hydrogens (tertiary/aromatic N) is 7. The lowest BCUT2D eigenvalue weighted by molar-refractivity contribution is -0.127. The minimum atomic E-state index is -3.73. The van der Waals surface area contributed by atoms with Crippen LogP contribution >= 0.6 is 0 Å². The molecule has 0 spiro atoms. The number of carbonyl (C=O) groups is 2. The summed E-state index contributed by atoms with van der Waals surface area (Å²) < 4.78 is 31.0. The summed E-state index contributed by atoms with van der Waals surface area (Å²) in [7, 11) is -1.95. The zero-order valence-electron chi connectivity index (χ0n) is 25.7. The average molecular weight is 621 g/mol. The molecule has 2 amide bonds. The lowest BCUT2D eigenvalue weighted by atomic mass is 9.94. The van der Waals surface area contributed by atoms with Gasteiger partial charge in [0, 0.05) is 43.6 Å². The van der Waals surface area contributed by atoms with Crippen LogP contribution in [0.4, 0.5) is 5.69 Å². The van der Waals surface area contributed by atoms with Crippen LogP contribution in [0, 0.1) is 6.92 Å². The van der Waals surface area contributed by atoms with Gasteiger partial charge < -0.3 is 5.32 Å². The Hall–Kier alpha value is -4.10. The van der Waals surface area contributed by atoms with Gasteiger partial charge in [-0.3, -0.25) is 19.2 Å². The number of amides is 2. The molecule has 1 N–H and O–H groups in total. The van der Waals surface area contributed by atoms with E-state index in [2.05, 4.69) is 20.7 Å². The Kier molecular flexibility index (Phi) is 9.45. The third-order valence-corrected chi connectivity index (χ3v) is 10.3. The van der Waals surface area contributed by atoms with E-state index in [1.807, 2.05) is 31.2 Å². The first kappa shape index (κ1) is 31.3. The highest BCUT2D eigenvalue weighted by Gasteiger charge is 2.37. The standard InChI is InChI=1S/C31H40N8O4S/c1-5-37(6-2)44(42,43)25-18-16-24(17-19-25)39(29(40)21-38-28-15-11-10-14-27(28)33-35-38)30(26-20-36(4)34-22(26)3)31(41)32-23-12-8-7-9-13-23/h10-11,14-20,23,30H,5-9,12-13,21H2,1-4H3,(H,32,41). The molecule has 4 aromatic rings. The largest absolute Gasteiger partial charge is 0.351 e. The van der Waals surface area contributed by atoms with Gasteiger partial charge in [0.05, 0.1) is 16.1 Å². The zero-order valence-corrected chi connectivity index (χ0v) is 26.5. The number of hydrogen-bond acceptors (Lipinski definition) is 7. The third-order valence-electron chi connectivity index (χ3n) is 8.24. The number of para-hydroxylation sites is 1. The fourth-order valence-electron chi connectivity index (χ4n) is 5.98. The van der Waals surface area contributed by atoms with E-state index in [4.69, 9.17) is 0 Å². The van der Waals surface area contributed by atoms with Crippen molar-refractivity contribution in [2.75, 3.05) is 18.0 Å². The highest BCUT2D eigenvalue weighted by molar-refractivity contribution is 7.89. The van der Waals surface area contributed by atoms with Crippen LogP contribution in [0.25, 0.3) is 11.0 Å². The van der Waals surface area contributed by atoms with Gasteiger partial charge in [0.2, 0.25) is 21.8 Å². The van der Waals surface area contributed by atoms with Crippen LogP contribution in [0.1, 0.15) is 63.3 Å². The van der Waals surface area contributed by atoms with E-state index in [0.717, 1.165) is 32.1 Å². The third kappa shape index (κ3) is 6.39. The topological polar surface area (TPSA) is 135 Å². The number of nitrogens with one attached hydrogen (secondary N) is 1. The molecule has 2 aromatic heterocycles. The van der Waals surface area contributed by atoms with Gasteiger partial charge in [0.1, 0.15) is 18.1 Å². The quantitative estimate of drug-likeness (QED) is 0.270. The van der Waals surface area contributed by atoms with Crippen molar-refractivity contribution in [2.24, 2.45) is 7.05 Å². The SMILES string of the molecule is CCN(CC)S(=O)(=O)c1ccc(N(C(=O)Cn2nnc3ccccc32)C(C(=O)NC2CCCCC2)c2cn(C)nc2C)cc1. The van der Waals surface area contributed by atoms with E-state index >= 15 is 0 Å². The van der Waals surface area contributed by atoms with E-state index in [-0.39, 0.29) is 23.4 Å². The summed E-state index contributed by atoms with van der Waals surface area (Å²) in [6.45, 7) is 5.86. The lowest BCUT2D eigenvalue weighted by Gasteiger charge is -2.33. The number of anilines is 1. The van der Waals surface area contributed by atoms with Gasteiger partial charge in [-0.15, -0.1) is 5.10 Å². The maximum atomic E-state index is 14.4. The fourth-order valence-corrected chi connectivity index (χ4v) is 7.44. The molecule has 0 saturated heterocycles. The van der Waals surface area contributed by atoms with Crippen LogP contribution in [0.2, 0.25) is 0 Å². The summed E-state index contributed by atoms with van der Waals surface area (Å²) in [6.07, 6.45) is 6.71. The van der Waals surface area contributed by atoms with Crippen molar-refractivity contribution >= 4 is 38.6 Å². The molecule has 0 aliphatic heterocycles. The molecule has 0 bridgehead atoms. The van der Waals surface area contributed by atoms with Crippen molar-refractivity contribution in [2.45, 2.75) is 76.4 Å². The number of benzene rings is 2. The van der Waals surface area contributed by atoms with Gasteiger partial charge in [-0.2, -0.15) is 9.40 Å². The van der Waals surface area contributed by atoms with Crippen molar-refractivity contribution in [3.05, 3.63) is 66.0 Å². The molecule has 2 heterocycles. The van der Waals surface area contributed by atoms with Crippen LogP contribution in [-0.2, 0) is 33.2 Å². The van der Waals surface area contributed by atoms with Crippen LogP contribution in [0.5, 0.6) is 0 Å². The first-order valence-corrected chi connectivity index (χ1v) is 16.6. The summed E-state index contributed by atoms with van der Waals surface area (Å²) in [6, 6.07) is 12.4. The molecular weight excluding hydrogens is 580 g/mol. The van der Waals surface area contributed by atoms with Crippen molar-refractivity contribution in [3.63, 3.8) is 0 Å². The summed E-state index contributed by atoms with van der Waals surface area (Å²) in [5.74, 6) is -0.725. The second kappa shape index (κ2) is 13.3. The normalized spacial score (nSPS) is 15.0. The van der Waals surface area contributed by atoms with E-state index in [9.17, 15) is 18.0 Å². The van der Waals surface area contributed by atoms with Crippen LogP contribution in [0.15, 0.2) is 59.6 Å². The van der Waals surface area contributed by atoms with Crippen molar-refractivity contribution in [1.82, 2.24) is 34.4 Å². The summed E-state index contributed by atoms with van der Waals surface area (Å²) in [4.78, 5) is 30.1. The number of fused-ring (bicyclic) bond motifs is 1. The van der Waals surface area contributed by atoms with Crippen molar-refractivity contribution in [3.8, 4) is 0 Å². The monoisotopic (exact) mass is 620 g/mol. The van der Waals surface area contributed by atoms with Gasteiger partial charge in [-0.25, -0.2) is 13.1 Å². The molecule has 5 rings (SSSR count). The minimum Gasteiger partial charge on any atom is -0.351 e. The van der Waals surface area contributed by atoms with E-state index in [0.29, 0.717) is 41.1 Å². The van der Waals surface area contributed by atoms with E-state index in [1.165, 1.54) is 26.0 Å². The Morgan fingerprint density at radius 2 is 1.70 bits per heavy atom. The maximum absolute atomic E-state index is 14.4. The molecule has 13 heteroatoms. The Labute approximate surface area is 258 Å². The van der Waals surface area contributed by atoms with Crippen LogP contribution in [0.3, 0.4) is 0 Å². The number of aryl methyl sites for hydroxylation is 2. The molecule has 1 fully saturated rings. The first-order valence-electron chi connectivity index (χ1n) is 15.1. The average Bonchev–Trinajstić information content (AvgIpc) is 3.58. The smallest absolute Gasteiger partial charge is 0.249 e. The second-order valence-electron chi connectivity index (χ2n) is 11.2. The molecule has 12 nitrogen and oxygen atoms in total.